The average Bonchev–Trinajstić information content (AvgIpc) is 2.48. The van der Waals surface area contributed by atoms with Crippen LogP contribution in [0.4, 0.5) is 0 Å². The van der Waals surface area contributed by atoms with Crippen molar-refractivity contribution in [2.24, 2.45) is 0 Å². The van der Waals surface area contributed by atoms with Crippen LogP contribution in [0.3, 0.4) is 0 Å². The third-order valence-corrected chi connectivity index (χ3v) is 3.98. The first-order valence-corrected chi connectivity index (χ1v) is 6.86. The van der Waals surface area contributed by atoms with Crippen molar-refractivity contribution in [1.82, 2.24) is 0 Å². The monoisotopic (exact) mass is 234 g/mol. The molecule has 0 radical (unpaired) electrons. The van der Waals surface area contributed by atoms with Crippen molar-refractivity contribution < 1.29 is 9.80 Å². The van der Waals surface area contributed by atoms with E-state index in [0.717, 1.165) is 0 Å². The van der Waals surface area contributed by atoms with Crippen LogP contribution in [0.2, 0.25) is 0 Å². The van der Waals surface area contributed by atoms with Crippen LogP contribution in [0.1, 0.15) is 23.1 Å². The Hall–Kier alpha value is -0.860. The van der Waals surface area contributed by atoms with Crippen LogP contribution < -0.4 is 9.80 Å². The Kier molecular flexibility index (Phi) is 4.19. The largest absolute Gasteiger partial charge is 0.333 e. The van der Waals surface area contributed by atoms with E-state index in [4.69, 9.17) is 0 Å². The number of rotatable bonds is 2. The standard InChI is InChI=1S/C15H24N2/c1-13-5-6-15(14(2)11-13)12-17-8-4-7-16(3)9-10-17/h5-6,11H,4,7-10,12H2,1-3H3/p+2. The lowest BCUT2D eigenvalue weighted by atomic mass is 10.1. The molecule has 1 aromatic rings. The summed E-state index contributed by atoms with van der Waals surface area (Å²) >= 11 is 0. The molecule has 1 saturated heterocycles. The molecular formula is C15H26N2+2. The zero-order valence-corrected chi connectivity index (χ0v) is 11.5. The minimum absolute atomic E-state index is 1.21. The molecular weight excluding hydrogens is 208 g/mol. The van der Waals surface area contributed by atoms with E-state index in [9.17, 15) is 0 Å². The molecule has 17 heavy (non-hydrogen) atoms. The van der Waals surface area contributed by atoms with E-state index in [2.05, 4.69) is 39.1 Å². The molecule has 0 spiro atoms. The molecule has 1 aliphatic rings. The number of aryl methyl sites for hydroxylation is 2. The van der Waals surface area contributed by atoms with E-state index in [0.29, 0.717) is 0 Å². The lowest BCUT2D eigenvalue weighted by Gasteiger charge is -2.17. The third-order valence-electron chi connectivity index (χ3n) is 3.98. The maximum Gasteiger partial charge on any atom is 0.127 e. The maximum absolute atomic E-state index is 2.32. The van der Waals surface area contributed by atoms with E-state index in [-0.39, 0.29) is 0 Å². The van der Waals surface area contributed by atoms with Gasteiger partial charge in [-0.15, -0.1) is 0 Å². The summed E-state index contributed by atoms with van der Waals surface area (Å²) in [7, 11) is 2.32. The van der Waals surface area contributed by atoms with E-state index in [1.165, 1.54) is 55.8 Å². The Morgan fingerprint density at radius 3 is 2.65 bits per heavy atom. The van der Waals surface area contributed by atoms with Crippen molar-refractivity contribution >= 4 is 0 Å². The fourth-order valence-electron chi connectivity index (χ4n) is 2.77. The molecule has 1 fully saturated rings. The minimum atomic E-state index is 1.21. The summed E-state index contributed by atoms with van der Waals surface area (Å²) in [5.41, 5.74) is 4.37. The molecule has 0 saturated carbocycles. The molecule has 1 aliphatic heterocycles. The maximum atomic E-state index is 2.32. The first-order chi connectivity index (χ1) is 8.15. The molecule has 2 rings (SSSR count). The van der Waals surface area contributed by atoms with Gasteiger partial charge in [-0.3, -0.25) is 0 Å². The molecule has 2 heteroatoms. The van der Waals surface area contributed by atoms with Gasteiger partial charge in [0.15, 0.2) is 0 Å². The van der Waals surface area contributed by atoms with Gasteiger partial charge in [0.1, 0.15) is 19.6 Å². The molecule has 1 aromatic carbocycles. The van der Waals surface area contributed by atoms with Crippen molar-refractivity contribution in [2.75, 3.05) is 33.2 Å². The van der Waals surface area contributed by atoms with E-state index in [1.54, 1.807) is 9.80 Å². The fraction of sp³-hybridized carbons (Fsp3) is 0.600. The van der Waals surface area contributed by atoms with Crippen LogP contribution in [0, 0.1) is 13.8 Å². The van der Waals surface area contributed by atoms with Gasteiger partial charge in [-0.05, 0) is 19.4 Å². The number of likely N-dealkylation sites (N-methyl/N-ethyl adjacent to an activating group) is 1. The van der Waals surface area contributed by atoms with Crippen molar-refractivity contribution in [3.05, 3.63) is 34.9 Å². The summed E-state index contributed by atoms with van der Waals surface area (Å²) in [6, 6.07) is 6.88. The predicted molar refractivity (Wildman–Crippen MR) is 71.6 cm³/mol. The summed E-state index contributed by atoms with van der Waals surface area (Å²) in [5.74, 6) is 0. The first kappa shape index (κ1) is 12.6. The molecule has 0 amide bonds. The van der Waals surface area contributed by atoms with Gasteiger partial charge in [0.2, 0.25) is 0 Å². The second-order valence-electron chi connectivity index (χ2n) is 5.67. The fourth-order valence-corrected chi connectivity index (χ4v) is 2.77. The van der Waals surface area contributed by atoms with Crippen molar-refractivity contribution in [2.45, 2.75) is 26.8 Å². The van der Waals surface area contributed by atoms with Crippen molar-refractivity contribution in [3.8, 4) is 0 Å². The molecule has 2 unspecified atom stereocenters. The SMILES string of the molecule is Cc1ccc(C[NH+]2CCC[NH+](C)CC2)c(C)c1. The van der Waals surface area contributed by atoms with Crippen LogP contribution in [-0.2, 0) is 6.54 Å². The molecule has 0 bridgehead atoms. The van der Waals surface area contributed by atoms with E-state index in [1.807, 2.05) is 0 Å². The molecule has 2 nitrogen and oxygen atoms in total. The minimum Gasteiger partial charge on any atom is -0.333 e. The summed E-state index contributed by atoms with van der Waals surface area (Å²) in [6.07, 6.45) is 1.37. The van der Waals surface area contributed by atoms with Gasteiger partial charge in [-0.1, -0.05) is 23.8 Å². The van der Waals surface area contributed by atoms with Crippen LogP contribution in [0.5, 0.6) is 0 Å². The quantitative estimate of drug-likeness (QED) is 0.689. The average molecular weight is 234 g/mol. The van der Waals surface area contributed by atoms with E-state index < -0.39 is 0 Å². The Morgan fingerprint density at radius 2 is 1.88 bits per heavy atom. The molecule has 0 aliphatic carbocycles. The van der Waals surface area contributed by atoms with Gasteiger partial charge in [0.25, 0.3) is 0 Å². The summed E-state index contributed by atoms with van der Waals surface area (Å²) < 4.78 is 0. The normalized spacial score (nSPS) is 25.6. The topological polar surface area (TPSA) is 8.88 Å². The van der Waals surface area contributed by atoms with Crippen molar-refractivity contribution in [1.29, 1.82) is 0 Å². The lowest BCUT2D eigenvalue weighted by Crippen LogP contribution is -3.15. The summed E-state index contributed by atoms with van der Waals surface area (Å²) in [4.78, 5) is 3.45. The molecule has 2 N–H and O–H groups in total. The Labute approximate surface area is 105 Å². The highest BCUT2D eigenvalue weighted by atomic mass is 15.2. The highest BCUT2D eigenvalue weighted by Gasteiger charge is 2.18. The first-order valence-electron chi connectivity index (χ1n) is 6.86. The zero-order valence-electron chi connectivity index (χ0n) is 11.5. The summed E-state index contributed by atoms with van der Waals surface area (Å²) in [6.45, 7) is 10.9. The Balaban J connectivity index is 2.00. The van der Waals surface area contributed by atoms with Gasteiger partial charge < -0.3 is 9.80 Å². The van der Waals surface area contributed by atoms with Crippen LogP contribution in [-0.4, -0.2) is 33.2 Å². The highest BCUT2D eigenvalue weighted by molar-refractivity contribution is 5.29. The smallest absolute Gasteiger partial charge is 0.127 e. The van der Waals surface area contributed by atoms with Gasteiger partial charge in [-0.25, -0.2) is 0 Å². The molecule has 2 atom stereocenters. The zero-order chi connectivity index (χ0) is 12.3. The van der Waals surface area contributed by atoms with Gasteiger partial charge in [0.05, 0.1) is 20.1 Å². The van der Waals surface area contributed by atoms with Crippen LogP contribution >= 0.6 is 0 Å². The number of nitrogens with one attached hydrogen (secondary N) is 2. The van der Waals surface area contributed by atoms with Gasteiger partial charge in [0, 0.05) is 12.0 Å². The Bertz CT molecular complexity index is 373. The number of hydrogen-bond donors (Lipinski definition) is 2. The van der Waals surface area contributed by atoms with E-state index >= 15 is 0 Å². The second kappa shape index (κ2) is 5.65. The lowest BCUT2D eigenvalue weighted by molar-refractivity contribution is -0.938. The number of quaternary nitrogens is 2. The highest BCUT2D eigenvalue weighted by Crippen LogP contribution is 2.09. The third kappa shape index (κ3) is 3.55. The predicted octanol–water partition coefficient (Wildman–Crippen LogP) is -0.393. The number of benzene rings is 1. The second-order valence-corrected chi connectivity index (χ2v) is 5.67. The molecule has 0 aromatic heterocycles. The van der Waals surface area contributed by atoms with Crippen LogP contribution in [0.25, 0.3) is 0 Å². The van der Waals surface area contributed by atoms with Gasteiger partial charge >= 0.3 is 0 Å². The molecule has 1 heterocycles. The summed E-state index contributed by atoms with van der Waals surface area (Å²) in [5, 5.41) is 0. The molecule has 94 valence electrons. The van der Waals surface area contributed by atoms with Crippen molar-refractivity contribution in [3.63, 3.8) is 0 Å². The number of hydrogen-bond acceptors (Lipinski definition) is 0. The Morgan fingerprint density at radius 1 is 1.06 bits per heavy atom. The van der Waals surface area contributed by atoms with Gasteiger partial charge in [-0.2, -0.15) is 0 Å². The van der Waals surface area contributed by atoms with Crippen LogP contribution in [0.15, 0.2) is 18.2 Å².